The molecule has 0 bridgehead atoms. The van der Waals surface area contributed by atoms with Gasteiger partial charge in [0.2, 0.25) is 0 Å². The summed E-state index contributed by atoms with van der Waals surface area (Å²) in [6.45, 7) is 21.0. The maximum Gasteiger partial charge on any atom is 0.256 e. The minimum absolute atomic E-state index is 0. The molecule has 2 unspecified atom stereocenters. The van der Waals surface area contributed by atoms with Crippen LogP contribution in [0.4, 0.5) is 16.0 Å². The second kappa shape index (κ2) is 22.4. The summed E-state index contributed by atoms with van der Waals surface area (Å²) in [5.74, 6) is 2.60. The Morgan fingerprint density at radius 2 is 1.25 bits per heavy atom. The summed E-state index contributed by atoms with van der Waals surface area (Å²) in [5.41, 5.74) is 8.22. The normalized spacial score (nSPS) is 18.1. The molecule has 2 aromatic carbocycles. The highest BCUT2D eigenvalue weighted by Gasteiger charge is 2.35. The second-order valence-electron chi connectivity index (χ2n) is 17.2. The van der Waals surface area contributed by atoms with Crippen LogP contribution in [-0.2, 0) is 0 Å². The minimum Gasteiger partial charge on any atom is -0.368 e. The van der Waals surface area contributed by atoms with Crippen molar-refractivity contribution in [1.29, 1.82) is 0 Å². The van der Waals surface area contributed by atoms with Crippen molar-refractivity contribution in [2.75, 3.05) is 36.8 Å². The van der Waals surface area contributed by atoms with Gasteiger partial charge >= 0.3 is 0 Å². The number of carbonyl (C=O) groups is 2. The van der Waals surface area contributed by atoms with E-state index in [1.54, 1.807) is 23.3 Å². The molecule has 65 heavy (non-hydrogen) atoms. The largest absolute Gasteiger partial charge is 0.368 e. The van der Waals surface area contributed by atoms with E-state index in [2.05, 4.69) is 49.5 Å². The number of amides is 2. The number of carbonyl (C=O) groups excluding carboxylic acids is 2. The van der Waals surface area contributed by atoms with E-state index in [9.17, 15) is 14.0 Å². The fraction of sp³-hybridized carbons (Fsp3) is 0.404. The first-order valence-electron chi connectivity index (χ1n) is 23.0. The quantitative estimate of drug-likeness (QED) is 0.138. The van der Waals surface area contributed by atoms with Gasteiger partial charge in [-0.3, -0.25) is 14.6 Å². The van der Waals surface area contributed by atoms with Crippen molar-refractivity contribution in [3.05, 3.63) is 143 Å². The summed E-state index contributed by atoms with van der Waals surface area (Å²) in [4.78, 5) is 48.7. The van der Waals surface area contributed by atoms with Gasteiger partial charge in [-0.25, -0.2) is 24.0 Å². The molecule has 2 amide bonds. The molecule has 4 atom stereocenters. The molecule has 2 aliphatic heterocycles. The van der Waals surface area contributed by atoms with Gasteiger partial charge in [-0.15, -0.1) is 0 Å². The lowest BCUT2D eigenvalue weighted by Gasteiger charge is -2.40. The van der Waals surface area contributed by atoms with Crippen LogP contribution in [0.15, 0.2) is 97.7 Å². The van der Waals surface area contributed by atoms with Crippen molar-refractivity contribution in [3.63, 3.8) is 0 Å². The molecule has 0 aliphatic carbocycles. The third-order valence-corrected chi connectivity index (χ3v) is 12.2. The predicted octanol–water partition coefficient (Wildman–Crippen LogP) is 10.7. The van der Waals surface area contributed by atoms with Crippen LogP contribution < -0.4 is 10.6 Å². The highest BCUT2D eigenvalue weighted by molar-refractivity contribution is 6.01. The smallest absolute Gasteiger partial charge is 0.256 e. The van der Waals surface area contributed by atoms with E-state index in [0.717, 1.165) is 89.4 Å². The number of likely N-dealkylation sites (tertiary alicyclic amines) is 2. The number of halogens is 1. The number of hydrogen-bond donors (Lipinski definition) is 2. The van der Waals surface area contributed by atoms with Crippen LogP contribution in [0.5, 0.6) is 0 Å². The molecule has 2 N–H and O–H groups in total. The zero-order chi connectivity index (χ0) is 46.6. The summed E-state index contributed by atoms with van der Waals surface area (Å²) in [6.07, 6.45) is 10.7. The van der Waals surface area contributed by atoms with Gasteiger partial charge in [-0.2, -0.15) is 5.10 Å². The average molecular weight is 885 g/mol. The Labute approximate surface area is 387 Å². The maximum absolute atomic E-state index is 13.9. The van der Waals surface area contributed by atoms with Crippen molar-refractivity contribution in [1.82, 2.24) is 39.5 Å². The highest BCUT2D eigenvalue weighted by atomic mass is 19.1. The summed E-state index contributed by atoms with van der Waals surface area (Å²) >= 11 is 0. The molecule has 2 aliphatic rings. The maximum atomic E-state index is 13.9. The van der Waals surface area contributed by atoms with Crippen molar-refractivity contribution in [2.24, 2.45) is 11.8 Å². The number of rotatable bonds is 10. The molecule has 2 fully saturated rings. The first-order chi connectivity index (χ1) is 31.3. The molecule has 12 nitrogen and oxygen atoms in total. The number of benzene rings is 2. The van der Waals surface area contributed by atoms with E-state index in [-0.39, 0.29) is 32.6 Å². The zero-order valence-electron chi connectivity index (χ0n) is 39.5. The first kappa shape index (κ1) is 48.0. The number of anilines is 2. The minimum atomic E-state index is -0.364. The van der Waals surface area contributed by atoms with Crippen LogP contribution >= 0.6 is 0 Å². The van der Waals surface area contributed by atoms with Crippen LogP contribution in [0.25, 0.3) is 16.8 Å². The fourth-order valence-electron chi connectivity index (χ4n) is 8.69. The lowest BCUT2D eigenvalue weighted by Crippen LogP contribution is -2.51. The number of aromatic nitrogens is 6. The summed E-state index contributed by atoms with van der Waals surface area (Å²) in [7, 11) is 0. The number of pyridine rings is 3. The first-order valence-corrected chi connectivity index (χ1v) is 23.0. The second-order valence-corrected chi connectivity index (χ2v) is 17.2. The summed E-state index contributed by atoms with van der Waals surface area (Å²) in [6, 6.07) is 23.1. The monoisotopic (exact) mass is 885 g/mol. The van der Waals surface area contributed by atoms with Crippen molar-refractivity contribution < 1.29 is 16.8 Å². The van der Waals surface area contributed by atoms with Crippen LogP contribution in [0.1, 0.15) is 105 Å². The molecule has 4 aromatic heterocycles. The molecule has 0 spiro atoms. The molecular formula is C52H69FN10O2. The van der Waals surface area contributed by atoms with Crippen molar-refractivity contribution >= 4 is 23.5 Å². The van der Waals surface area contributed by atoms with Crippen LogP contribution in [0, 0.1) is 52.3 Å². The van der Waals surface area contributed by atoms with Gasteiger partial charge in [0.1, 0.15) is 29.6 Å². The molecule has 0 saturated carbocycles. The Hall–Kier alpha value is -6.50. The van der Waals surface area contributed by atoms with E-state index in [4.69, 9.17) is 0 Å². The molecule has 0 radical (unpaired) electrons. The third kappa shape index (κ3) is 12.2. The van der Waals surface area contributed by atoms with E-state index >= 15 is 0 Å². The molecule has 2 saturated heterocycles. The number of aryl methyl sites for hydroxylation is 5. The van der Waals surface area contributed by atoms with Gasteiger partial charge in [0.15, 0.2) is 0 Å². The van der Waals surface area contributed by atoms with Gasteiger partial charge in [-0.05, 0) is 137 Å². The Balaban J connectivity index is 0.000000274. The summed E-state index contributed by atoms with van der Waals surface area (Å²) in [5, 5.41) is 11.2. The van der Waals surface area contributed by atoms with Crippen molar-refractivity contribution in [3.8, 4) is 16.8 Å². The Morgan fingerprint density at radius 3 is 1.80 bits per heavy atom. The van der Waals surface area contributed by atoms with Crippen molar-refractivity contribution in [2.45, 2.75) is 100 Å². The van der Waals surface area contributed by atoms with Crippen LogP contribution in [0.2, 0.25) is 0 Å². The Morgan fingerprint density at radius 1 is 0.677 bits per heavy atom. The van der Waals surface area contributed by atoms with E-state index in [1.807, 2.05) is 125 Å². The van der Waals surface area contributed by atoms with Gasteiger partial charge in [0.25, 0.3) is 11.8 Å². The van der Waals surface area contributed by atoms with E-state index < -0.39 is 0 Å². The Bertz CT molecular complexity index is 2520. The standard InChI is InChI=1S/C26H29FN4O.C24H30N6O.C2H6.2H2/c1-17-6-8-22(20-10-11-28-19(3)14-20)23(13-17)26(32)31-12-4-5-18(2)24(31)16-30-25-9-7-21(27)15-29-25;1-16-7-9-21(30-15-27-19(4)28-30)20(12-16)24(31)29-11-5-6-18(3)22(29)14-26-23-10-8-17(2)13-25-23;1-2;;/h6-11,13-15,18,24H,4-5,12,16H2,1-3H3,(H,29,30);7-10,12-13,15,18,22H,5-6,11,14H2,1-4H3,(H,25,26);1-2H3;2*1H/t18?,24-;18?,22-;;;/m11.../s1. The SMILES string of the molecule is CC.Cc1ccc(-c2ccnc(C)c2)c(C(=O)N2CCCC(C)[C@H]2CNc2ccc(F)cn2)c1.Cc1ccc(NC[C@@H]2C(C)CCCN2C(=O)c2cc(C)ccc2-n2cnc(C)n2)nc1.[HH].[HH]. The van der Waals surface area contributed by atoms with Gasteiger partial charge in [-0.1, -0.05) is 63.1 Å². The van der Waals surface area contributed by atoms with Gasteiger partial charge < -0.3 is 20.4 Å². The summed E-state index contributed by atoms with van der Waals surface area (Å²) < 4.78 is 14.9. The van der Waals surface area contributed by atoms with Gasteiger partial charge in [0, 0.05) is 52.7 Å². The zero-order valence-corrected chi connectivity index (χ0v) is 39.5. The number of nitrogens with one attached hydrogen (secondary N) is 2. The van der Waals surface area contributed by atoms with Gasteiger partial charge in [0.05, 0.1) is 29.5 Å². The van der Waals surface area contributed by atoms with Crippen LogP contribution in [0.3, 0.4) is 0 Å². The average Bonchev–Trinajstić information content (AvgIpc) is 3.75. The third-order valence-electron chi connectivity index (χ3n) is 12.2. The highest BCUT2D eigenvalue weighted by Crippen LogP contribution is 2.31. The fourth-order valence-corrected chi connectivity index (χ4v) is 8.69. The lowest BCUT2D eigenvalue weighted by molar-refractivity contribution is 0.0534. The molecular weight excluding hydrogens is 816 g/mol. The predicted molar refractivity (Wildman–Crippen MR) is 262 cm³/mol. The lowest BCUT2D eigenvalue weighted by atomic mass is 9.89. The number of piperidine rings is 2. The van der Waals surface area contributed by atoms with Crippen LogP contribution in [-0.4, -0.2) is 89.6 Å². The number of nitrogens with zero attached hydrogens (tertiary/aromatic N) is 8. The molecule has 6 heterocycles. The van der Waals surface area contributed by atoms with E-state index in [0.29, 0.717) is 42.1 Å². The molecule has 346 valence electrons. The molecule has 6 aromatic rings. The molecule has 13 heteroatoms. The number of hydrogen-bond acceptors (Lipinski definition) is 9. The molecule has 8 rings (SSSR count). The topological polar surface area (TPSA) is 134 Å². The Kier molecular flexibility index (Phi) is 16.5. The van der Waals surface area contributed by atoms with E-state index in [1.165, 1.54) is 12.3 Å².